The van der Waals surface area contributed by atoms with Gasteiger partial charge in [0.05, 0.1) is 17.8 Å². The molecule has 0 N–H and O–H groups in total. The second kappa shape index (κ2) is 7.42. The molecule has 0 radical (unpaired) electrons. The van der Waals surface area contributed by atoms with Gasteiger partial charge in [0.25, 0.3) is 0 Å². The Morgan fingerprint density at radius 2 is 2.08 bits per heavy atom. The van der Waals surface area contributed by atoms with Crippen LogP contribution in [0.2, 0.25) is 5.02 Å². The molecular formula is C17H28ClN5O. The van der Waals surface area contributed by atoms with Crippen molar-refractivity contribution in [2.45, 2.75) is 38.3 Å². The van der Waals surface area contributed by atoms with Crippen molar-refractivity contribution in [2.24, 2.45) is 0 Å². The standard InChI is InChI=1S/C17H28ClN5O/c1-3-22-7-6-17(5-4-16(22)24)14-21(9-8-20(17)2)10-11-23-13-15(18)12-19-23/h12-13H,3-11,14H2,1-2H3/t17-/m1/s1. The predicted octanol–water partition coefficient (Wildman–Crippen LogP) is 1.56. The molecule has 3 rings (SSSR count). The molecule has 0 bridgehead atoms. The van der Waals surface area contributed by atoms with Gasteiger partial charge >= 0.3 is 0 Å². The van der Waals surface area contributed by atoms with Crippen molar-refractivity contribution in [3.63, 3.8) is 0 Å². The van der Waals surface area contributed by atoms with Crippen LogP contribution in [0, 0.1) is 0 Å². The molecule has 1 aromatic rings. The summed E-state index contributed by atoms with van der Waals surface area (Å²) < 4.78 is 1.91. The van der Waals surface area contributed by atoms with E-state index in [-0.39, 0.29) is 5.54 Å². The van der Waals surface area contributed by atoms with E-state index in [2.05, 4.69) is 28.9 Å². The second-order valence-corrected chi connectivity index (χ2v) is 7.50. The molecule has 6 nitrogen and oxygen atoms in total. The number of nitrogens with zero attached hydrogens (tertiary/aromatic N) is 5. The van der Waals surface area contributed by atoms with Crippen molar-refractivity contribution < 1.29 is 4.79 Å². The number of aromatic nitrogens is 2. The van der Waals surface area contributed by atoms with Crippen LogP contribution in [0.1, 0.15) is 26.2 Å². The van der Waals surface area contributed by atoms with Gasteiger partial charge in [-0.1, -0.05) is 11.6 Å². The molecule has 2 fully saturated rings. The molecule has 7 heteroatoms. The maximum absolute atomic E-state index is 12.2. The third kappa shape index (κ3) is 3.76. The van der Waals surface area contributed by atoms with Crippen LogP contribution in [0.4, 0.5) is 0 Å². The first-order chi connectivity index (χ1) is 11.5. The van der Waals surface area contributed by atoms with Gasteiger partial charge in [-0.3, -0.25) is 19.3 Å². The fourth-order valence-corrected chi connectivity index (χ4v) is 4.16. The molecule has 0 aliphatic carbocycles. The SMILES string of the molecule is CCN1CC[C@]2(CCC1=O)CN(CCn1cc(Cl)cn1)CCN2C. The summed E-state index contributed by atoms with van der Waals surface area (Å²) in [6, 6.07) is 0. The Morgan fingerprint density at radius 1 is 1.25 bits per heavy atom. The molecule has 3 heterocycles. The number of likely N-dealkylation sites (N-methyl/N-ethyl adjacent to an activating group) is 1. The van der Waals surface area contributed by atoms with Gasteiger partial charge in [-0.15, -0.1) is 0 Å². The number of hydrogen-bond donors (Lipinski definition) is 0. The maximum Gasteiger partial charge on any atom is 0.222 e. The fraction of sp³-hybridized carbons (Fsp3) is 0.765. The Kier molecular flexibility index (Phi) is 5.47. The number of carbonyl (C=O) groups excluding carboxylic acids is 1. The van der Waals surface area contributed by atoms with E-state index in [1.54, 1.807) is 6.20 Å². The Labute approximate surface area is 149 Å². The average Bonchev–Trinajstić information content (AvgIpc) is 2.92. The molecule has 2 aliphatic rings. The van der Waals surface area contributed by atoms with Gasteiger partial charge in [0.2, 0.25) is 5.91 Å². The third-order valence-corrected chi connectivity index (χ3v) is 5.91. The number of amides is 1. The lowest BCUT2D eigenvalue weighted by molar-refractivity contribution is -0.130. The van der Waals surface area contributed by atoms with Gasteiger partial charge in [0.1, 0.15) is 0 Å². The van der Waals surface area contributed by atoms with E-state index < -0.39 is 0 Å². The molecule has 0 aromatic carbocycles. The predicted molar refractivity (Wildman–Crippen MR) is 95.1 cm³/mol. The minimum atomic E-state index is 0.125. The maximum atomic E-state index is 12.2. The molecule has 1 aromatic heterocycles. The molecule has 0 unspecified atom stereocenters. The molecule has 1 atom stereocenters. The third-order valence-electron chi connectivity index (χ3n) is 5.71. The summed E-state index contributed by atoms with van der Waals surface area (Å²) in [4.78, 5) is 19.3. The van der Waals surface area contributed by atoms with E-state index in [0.717, 1.165) is 58.7 Å². The molecule has 1 amide bonds. The van der Waals surface area contributed by atoms with Gasteiger partial charge in [0, 0.05) is 57.4 Å². The van der Waals surface area contributed by atoms with Crippen molar-refractivity contribution in [2.75, 3.05) is 46.3 Å². The first-order valence-corrected chi connectivity index (χ1v) is 9.29. The van der Waals surface area contributed by atoms with Crippen molar-refractivity contribution in [1.29, 1.82) is 0 Å². The van der Waals surface area contributed by atoms with E-state index in [0.29, 0.717) is 17.4 Å². The lowest BCUT2D eigenvalue weighted by Crippen LogP contribution is -2.61. The number of carbonyl (C=O) groups is 1. The highest BCUT2D eigenvalue weighted by atomic mass is 35.5. The van der Waals surface area contributed by atoms with Crippen LogP contribution in [-0.4, -0.2) is 82.2 Å². The minimum absolute atomic E-state index is 0.125. The zero-order valence-electron chi connectivity index (χ0n) is 14.7. The zero-order chi connectivity index (χ0) is 17.2. The summed E-state index contributed by atoms with van der Waals surface area (Å²) in [5, 5.41) is 4.95. The van der Waals surface area contributed by atoms with E-state index in [1.807, 2.05) is 15.8 Å². The van der Waals surface area contributed by atoms with Crippen LogP contribution in [0.3, 0.4) is 0 Å². The Bertz CT molecular complexity index is 577. The molecule has 134 valence electrons. The largest absolute Gasteiger partial charge is 0.343 e. The quantitative estimate of drug-likeness (QED) is 0.824. The number of piperazine rings is 1. The summed E-state index contributed by atoms with van der Waals surface area (Å²) in [5.41, 5.74) is 0.125. The zero-order valence-corrected chi connectivity index (χ0v) is 15.5. The molecule has 2 aliphatic heterocycles. The highest BCUT2D eigenvalue weighted by molar-refractivity contribution is 6.30. The van der Waals surface area contributed by atoms with Gasteiger partial charge in [-0.25, -0.2) is 0 Å². The van der Waals surface area contributed by atoms with Gasteiger partial charge in [-0.05, 0) is 26.8 Å². The highest BCUT2D eigenvalue weighted by Crippen LogP contribution is 2.32. The molecule has 24 heavy (non-hydrogen) atoms. The molecular weight excluding hydrogens is 326 g/mol. The lowest BCUT2D eigenvalue weighted by Gasteiger charge is -2.49. The Morgan fingerprint density at radius 3 is 2.79 bits per heavy atom. The summed E-state index contributed by atoms with van der Waals surface area (Å²) in [6.45, 7) is 8.75. The number of rotatable bonds is 4. The molecule has 0 saturated carbocycles. The fourth-order valence-electron chi connectivity index (χ4n) is 4.00. The number of likely N-dealkylation sites (tertiary alicyclic amines) is 1. The van der Waals surface area contributed by atoms with E-state index in [1.165, 1.54) is 0 Å². The number of halogens is 1. The second-order valence-electron chi connectivity index (χ2n) is 7.07. The van der Waals surface area contributed by atoms with Gasteiger partial charge in [0.15, 0.2) is 0 Å². The molecule has 1 spiro atoms. The van der Waals surface area contributed by atoms with Crippen LogP contribution < -0.4 is 0 Å². The smallest absolute Gasteiger partial charge is 0.222 e. The van der Waals surface area contributed by atoms with Crippen LogP contribution in [0.15, 0.2) is 12.4 Å². The van der Waals surface area contributed by atoms with Crippen molar-refractivity contribution in [3.05, 3.63) is 17.4 Å². The van der Waals surface area contributed by atoms with Crippen LogP contribution >= 0.6 is 11.6 Å². The lowest BCUT2D eigenvalue weighted by atomic mass is 9.86. The Balaban J connectivity index is 1.63. The van der Waals surface area contributed by atoms with Crippen molar-refractivity contribution in [1.82, 2.24) is 24.5 Å². The topological polar surface area (TPSA) is 44.6 Å². The average molecular weight is 354 g/mol. The van der Waals surface area contributed by atoms with Crippen LogP contribution in [-0.2, 0) is 11.3 Å². The van der Waals surface area contributed by atoms with Crippen LogP contribution in [0.5, 0.6) is 0 Å². The van der Waals surface area contributed by atoms with E-state index in [4.69, 9.17) is 11.6 Å². The van der Waals surface area contributed by atoms with E-state index >= 15 is 0 Å². The minimum Gasteiger partial charge on any atom is -0.343 e. The van der Waals surface area contributed by atoms with Crippen molar-refractivity contribution >= 4 is 17.5 Å². The molecule has 2 saturated heterocycles. The van der Waals surface area contributed by atoms with E-state index in [9.17, 15) is 4.79 Å². The summed E-state index contributed by atoms with van der Waals surface area (Å²) in [7, 11) is 2.22. The normalized spacial score (nSPS) is 27.0. The summed E-state index contributed by atoms with van der Waals surface area (Å²) >= 11 is 5.94. The Hall–Kier alpha value is -1.11. The first-order valence-electron chi connectivity index (χ1n) is 8.92. The van der Waals surface area contributed by atoms with Gasteiger partial charge in [-0.2, -0.15) is 5.10 Å². The van der Waals surface area contributed by atoms with Crippen LogP contribution in [0.25, 0.3) is 0 Å². The number of hydrogen-bond acceptors (Lipinski definition) is 4. The van der Waals surface area contributed by atoms with Crippen molar-refractivity contribution in [3.8, 4) is 0 Å². The monoisotopic (exact) mass is 353 g/mol. The first kappa shape index (κ1) is 17.7. The summed E-state index contributed by atoms with van der Waals surface area (Å²) in [5.74, 6) is 0.311. The highest BCUT2D eigenvalue weighted by Gasteiger charge is 2.41. The summed E-state index contributed by atoms with van der Waals surface area (Å²) in [6.07, 6.45) is 6.25. The van der Waals surface area contributed by atoms with Gasteiger partial charge < -0.3 is 4.90 Å².